The Morgan fingerprint density at radius 2 is 2.19 bits per heavy atom. The van der Waals surface area contributed by atoms with E-state index in [0.717, 1.165) is 6.20 Å². The quantitative estimate of drug-likeness (QED) is 0.809. The fourth-order valence-corrected chi connectivity index (χ4v) is 2.75. The minimum atomic E-state index is -1.20. The number of ether oxygens (including phenoxy) is 1. The normalized spacial score (nSPS) is 33.0. The summed E-state index contributed by atoms with van der Waals surface area (Å²) in [6.45, 7) is 7.66. The largest absolute Gasteiger partial charge is 0.444 e. The predicted octanol–water partition coefficient (Wildman–Crippen LogP) is 2.65. The molecule has 21 heavy (non-hydrogen) atoms. The molecular formula is C15H23FN2O3. The van der Waals surface area contributed by atoms with E-state index in [1.807, 2.05) is 0 Å². The molecule has 0 aromatic carbocycles. The summed E-state index contributed by atoms with van der Waals surface area (Å²) in [6.07, 6.45) is 2.75. The molecule has 1 fully saturated rings. The molecule has 5 nitrogen and oxygen atoms in total. The first kappa shape index (κ1) is 15.9. The zero-order valence-electron chi connectivity index (χ0n) is 13.0. The van der Waals surface area contributed by atoms with Crippen LogP contribution >= 0.6 is 0 Å². The molecule has 0 saturated carbocycles. The number of likely N-dealkylation sites (tertiary alicyclic amines) is 1. The van der Waals surface area contributed by atoms with Crippen LogP contribution in [0, 0.1) is 5.41 Å². The Balaban J connectivity index is 2.09. The lowest BCUT2D eigenvalue weighted by atomic mass is 9.70. The predicted molar refractivity (Wildman–Crippen MR) is 77.8 cm³/mol. The van der Waals surface area contributed by atoms with Crippen LogP contribution in [-0.2, 0) is 4.74 Å². The van der Waals surface area contributed by atoms with Crippen LogP contribution in [0.5, 0.6) is 0 Å². The summed E-state index contributed by atoms with van der Waals surface area (Å²) in [5.74, 6) is -0.357. The van der Waals surface area contributed by atoms with Crippen molar-refractivity contribution in [1.29, 1.82) is 0 Å². The summed E-state index contributed by atoms with van der Waals surface area (Å²) in [4.78, 5) is 17.4. The summed E-state index contributed by atoms with van der Waals surface area (Å²) in [5.41, 5.74) is -2.59. The lowest BCUT2D eigenvalue weighted by Gasteiger charge is -2.40. The first-order chi connectivity index (χ1) is 9.55. The molecule has 2 aliphatic rings. The van der Waals surface area contributed by atoms with Gasteiger partial charge in [0.15, 0.2) is 0 Å². The molecule has 1 saturated heterocycles. The Labute approximate surface area is 124 Å². The molecule has 2 aliphatic heterocycles. The SMILES string of the molecule is CC(C)(C)OC(=O)N1CCC(O)(C2(C)C=NC=C(F)C2)C1. The van der Waals surface area contributed by atoms with E-state index in [1.165, 1.54) is 4.90 Å². The molecule has 1 N–H and O–H groups in total. The Kier molecular flexibility index (Phi) is 3.86. The van der Waals surface area contributed by atoms with Gasteiger partial charge in [-0.3, -0.25) is 4.99 Å². The molecule has 118 valence electrons. The van der Waals surface area contributed by atoms with Crippen LogP contribution in [0.25, 0.3) is 0 Å². The topological polar surface area (TPSA) is 62.1 Å². The third-order valence-electron chi connectivity index (χ3n) is 4.07. The number of nitrogens with zero attached hydrogens (tertiary/aromatic N) is 2. The molecular weight excluding hydrogens is 275 g/mol. The van der Waals surface area contributed by atoms with Crippen molar-refractivity contribution in [2.24, 2.45) is 10.4 Å². The second-order valence-corrected chi connectivity index (χ2v) is 7.13. The second kappa shape index (κ2) is 5.09. The molecule has 0 bridgehead atoms. The first-order valence-electron chi connectivity index (χ1n) is 7.14. The number of hydrogen-bond acceptors (Lipinski definition) is 4. The van der Waals surface area contributed by atoms with Crippen molar-refractivity contribution in [3.05, 3.63) is 12.0 Å². The highest BCUT2D eigenvalue weighted by molar-refractivity contribution is 5.72. The van der Waals surface area contributed by atoms with Crippen molar-refractivity contribution in [2.75, 3.05) is 13.1 Å². The number of carbonyl (C=O) groups excluding carboxylic acids is 1. The van der Waals surface area contributed by atoms with E-state index in [1.54, 1.807) is 33.9 Å². The monoisotopic (exact) mass is 298 g/mol. The second-order valence-electron chi connectivity index (χ2n) is 7.13. The number of aliphatic hydroxyl groups is 1. The Bertz CT molecular complexity index is 498. The highest BCUT2D eigenvalue weighted by Crippen LogP contribution is 2.43. The Hall–Kier alpha value is -1.43. The van der Waals surface area contributed by atoms with Gasteiger partial charge in [0.2, 0.25) is 0 Å². The van der Waals surface area contributed by atoms with E-state index in [-0.39, 0.29) is 18.8 Å². The zero-order chi connectivity index (χ0) is 15.9. The first-order valence-corrected chi connectivity index (χ1v) is 7.14. The fourth-order valence-electron chi connectivity index (χ4n) is 2.75. The Morgan fingerprint density at radius 1 is 1.52 bits per heavy atom. The molecule has 2 heterocycles. The number of allylic oxidation sites excluding steroid dienone is 1. The fraction of sp³-hybridized carbons (Fsp3) is 0.733. The van der Waals surface area contributed by atoms with E-state index in [9.17, 15) is 14.3 Å². The summed E-state index contributed by atoms with van der Waals surface area (Å²) in [7, 11) is 0. The van der Waals surface area contributed by atoms with Gasteiger partial charge in [-0.25, -0.2) is 9.18 Å². The number of halogens is 1. The number of rotatable bonds is 1. The van der Waals surface area contributed by atoms with Crippen molar-refractivity contribution in [2.45, 2.75) is 51.7 Å². The standard InChI is InChI=1S/C15H23FN2O3/c1-13(2,3)21-12(19)18-6-5-15(20,10-18)14(4)7-11(16)8-17-9-14/h8-9,20H,5-7,10H2,1-4H3. The molecule has 2 rings (SSSR count). The van der Waals surface area contributed by atoms with Crippen LogP contribution in [-0.4, -0.2) is 46.6 Å². The highest BCUT2D eigenvalue weighted by Gasteiger charge is 2.52. The number of carbonyl (C=O) groups is 1. The summed E-state index contributed by atoms with van der Waals surface area (Å²) in [6, 6.07) is 0. The molecule has 0 radical (unpaired) electrons. The van der Waals surface area contributed by atoms with Gasteiger partial charge in [-0.15, -0.1) is 0 Å². The molecule has 2 atom stereocenters. The van der Waals surface area contributed by atoms with E-state index >= 15 is 0 Å². The van der Waals surface area contributed by atoms with Crippen LogP contribution in [0.15, 0.2) is 17.0 Å². The minimum Gasteiger partial charge on any atom is -0.444 e. The molecule has 0 aromatic rings. The lowest BCUT2D eigenvalue weighted by Crippen LogP contribution is -2.51. The van der Waals surface area contributed by atoms with Crippen molar-refractivity contribution < 1.29 is 19.0 Å². The Morgan fingerprint density at radius 3 is 2.76 bits per heavy atom. The zero-order valence-corrected chi connectivity index (χ0v) is 13.0. The molecule has 0 aromatic heterocycles. The minimum absolute atomic E-state index is 0.0924. The lowest BCUT2D eigenvalue weighted by molar-refractivity contribution is -0.0346. The van der Waals surface area contributed by atoms with Gasteiger partial charge in [0.25, 0.3) is 0 Å². The summed E-state index contributed by atoms with van der Waals surface area (Å²) < 4.78 is 18.8. The highest BCUT2D eigenvalue weighted by atomic mass is 19.1. The van der Waals surface area contributed by atoms with E-state index in [4.69, 9.17) is 4.74 Å². The van der Waals surface area contributed by atoms with Crippen molar-refractivity contribution >= 4 is 12.3 Å². The van der Waals surface area contributed by atoms with Crippen LogP contribution in [0.3, 0.4) is 0 Å². The van der Waals surface area contributed by atoms with Gasteiger partial charge < -0.3 is 14.7 Å². The molecule has 2 unspecified atom stereocenters. The van der Waals surface area contributed by atoms with Crippen LogP contribution in [0.2, 0.25) is 0 Å². The maximum atomic E-state index is 13.5. The maximum Gasteiger partial charge on any atom is 0.410 e. The average molecular weight is 298 g/mol. The van der Waals surface area contributed by atoms with Crippen LogP contribution < -0.4 is 0 Å². The average Bonchev–Trinajstić information content (AvgIpc) is 2.71. The third-order valence-corrected chi connectivity index (χ3v) is 4.07. The smallest absolute Gasteiger partial charge is 0.410 e. The number of aliphatic imine (C=N–C) groups is 1. The van der Waals surface area contributed by atoms with E-state index < -0.39 is 22.7 Å². The molecule has 6 heteroatoms. The van der Waals surface area contributed by atoms with Gasteiger partial charge in [0, 0.05) is 24.6 Å². The van der Waals surface area contributed by atoms with Gasteiger partial charge in [0.05, 0.1) is 18.3 Å². The van der Waals surface area contributed by atoms with Gasteiger partial charge in [0.1, 0.15) is 11.4 Å². The van der Waals surface area contributed by atoms with Crippen molar-refractivity contribution in [3.8, 4) is 0 Å². The van der Waals surface area contributed by atoms with Crippen molar-refractivity contribution in [1.82, 2.24) is 4.90 Å². The maximum absolute atomic E-state index is 13.5. The summed E-state index contributed by atoms with van der Waals surface area (Å²) in [5, 5.41) is 10.9. The van der Waals surface area contributed by atoms with E-state index in [2.05, 4.69) is 4.99 Å². The number of hydrogen-bond donors (Lipinski definition) is 1. The van der Waals surface area contributed by atoms with Gasteiger partial charge in [-0.2, -0.15) is 0 Å². The summed E-state index contributed by atoms with van der Waals surface area (Å²) >= 11 is 0. The molecule has 1 amide bonds. The van der Waals surface area contributed by atoms with E-state index in [0.29, 0.717) is 13.0 Å². The van der Waals surface area contributed by atoms with Gasteiger partial charge in [-0.1, -0.05) is 6.92 Å². The number of β-amino-alcohol motifs (C(OH)–C–C–N with tert-alkyl or cyclic N) is 1. The van der Waals surface area contributed by atoms with Gasteiger partial charge in [-0.05, 0) is 27.2 Å². The van der Waals surface area contributed by atoms with Crippen LogP contribution in [0.1, 0.15) is 40.5 Å². The van der Waals surface area contributed by atoms with Gasteiger partial charge >= 0.3 is 6.09 Å². The molecule has 0 spiro atoms. The molecule has 0 aliphatic carbocycles. The third kappa shape index (κ3) is 3.26. The van der Waals surface area contributed by atoms with Crippen molar-refractivity contribution in [3.63, 3.8) is 0 Å². The number of amides is 1. The van der Waals surface area contributed by atoms with Crippen LogP contribution in [0.4, 0.5) is 9.18 Å².